The second-order valence-electron chi connectivity index (χ2n) is 6.00. The molecule has 0 atom stereocenters. The van der Waals surface area contributed by atoms with E-state index < -0.39 is 0 Å². The lowest BCUT2D eigenvalue weighted by Crippen LogP contribution is -1.99. The number of thioether (sulfide) groups is 1. The van der Waals surface area contributed by atoms with Crippen LogP contribution in [0.5, 0.6) is 0 Å². The van der Waals surface area contributed by atoms with Gasteiger partial charge < -0.3 is 4.57 Å². The molecule has 0 aliphatic rings. The Hall–Kier alpha value is -1.96. The van der Waals surface area contributed by atoms with Gasteiger partial charge in [0.1, 0.15) is 5.01 Å². The summed E-state index contributed by atoms with van der Waals surface area (Å²) in [6, 6.07) is 12.5. The van der Waals surface area contributed by atoms with Crippen LogP contribution in [0.4, 0.5) is 0 Å². The molecule has 4 aromatic rings. The number of benzene rings is 1. The topological polar surface area (TPSA) is 43.6 Å². The van der Waals surface area contributed by atoms with Crippen LogP contribution in [0.25, 0.3) is 22.0 Å². The molecule has 0 aliphatic heterocycles. The predicted molar refractivity (Wildman–Crippen MR) is 115 cm³/mol. The molecule has 4 nitrogen and oxygen atoms in total. The molecule has 0 fully saturated rings. The van der Waals surface area contributed by atoms with Gasteiger partial charge >= 0.3 is 0 Å². The van der Waals surface area contributed by atoms with E-state index in [-0.39, 0.29) is 0 Å². The minimum Gasteiger partial charge on any atom is -0.302 e. The van der Waals surface area contributed by atoms with Gasteiger partial charge in [-0.25, -0.2) is 4.98 Å². The van der Waals surface area contributed by atoms with Crippen molar-refractivity contribution in [1.29, 1.82) is 0 Å². The second-order valence-corrected chi connectivity index (χ2v) is 8.80. The normalized spacial score (nSPS) is 11.2. The van der Waals surface area contributed by atoms with Crippen LogP contribution >= 0.6 is 34.4 Å². The fourth-order valence-corrected chi connectivity index (χ4v) is 5.44. The van der Waals surface area contributed by atoms with Crippen LogP contribution < -0.4 is 0 Å². The van der Waals surface area contributed by atoms with Crippen molar-refractivity contribution in [2.75, 3.05) is 0 Å². The molecular weight excluding hydrogens is 392 g/mol. The Morgan fingerprint density at radius 3 is 2.59 bits per heavy atom. The van der Waals surface area contributed by atoms with Crippen LogP contribution in [0.15, 0.2) is 52.3 Å². The molecule has 0 bridgehead atoms. The maximum Gasteiger partial charge on any atom is 0.191 e. The first-order valence-electron chi connectivity index (χ1n) is 8.92. The maximum absolute atomic E-state index is 4.77. The number of nitrogens with zero attached hydrogens (tertiary/aromatic N) is 4. The molecule has 0 spiro atoms. The van der Waals surface area contributed by atoms with E-state index in [1.54, 1.807) is 34.4 Å². The van der Waals surface area contributed by atoms with Crippen molar-refractivity contribution in [3.05, 3.63) is 57.7 Å². The van der Waals surface area contributed by atoms with E-state index in [0.717, 1.165) is 46.0 Å². The third-order valence-electron chi connectivity index (χ3n) is 4.22. The van der Waals surface area contributed by atoms with Crippen molar-refractivity contribution in [3.63, 3.8) is 0 Å². The quantitative estimate of drug-likeness (QED) is 0.349. The zero-order valence-corrected chi connectivity index (χ0v) is 17.7. The minimum absolute atomic E-state index is 0.797. The van der Waals surface area contributed by atoms with Crippen molar-refractivity contribution >= 4 is 34.4 Å². The lowest BCUT2D eigenvalue weighted by Gasteiger charge is -2.05. The van der Waals surface area contributed by atoms with Gasteiger partial charge in [0.2, 0.25) is 0 Å². The van der Waals surface area contributed by atoms with Crippen LogP contribution in [0.2, 0.25) is 0 Å². The Morgan fingerprint density at radius 1 is 1.00 bits per heavy atom. The van der Waals surface area contributed by atoms with Gasteiger partial charge in [0, 0.05) is 39.1 Å². The zero-order valence-electron chi connectivity index (χ0n) is 15.3. The average molecular weight is 413 g/mol. The average Bonchev–Trinajstić information content (AvgIpc) is 3.45. The molecule has 138 valence electrons. The first-order valence-corrected chi connectivity index (χ1v) is 11.7. The van der Waals surface area contributed by atoms with Crippen LogP contribution in [0.1, 0.15) is 24.4 Å². The highest BCUT2D eigenvalue weighted by Gasteiger charge is 2.15. The van der Waals surface area contributed by atoms with E-state index in [2.05, 4.69) is 57.6 Å². The van der Waals surface area contributed by atoms with Gasteiger partial charge in [0.15, 0.2) is 11.0 Å². The van der Waals surface area contributed by atoms with E-state index >= 15 is 0 Å². The lowest BCUT2D eigenvalue weighted by molar-refractivity contribution is 0.687. The van der Waals surface area contributed by atoms with Gasteiger partial charge in [0.25, 0.3) is 0 Å². The van der Waals surface area contributed by atoms with Gasteiger partial charge in [-0.2, -0.15) is 0 Å². The summed E-state index contributed by atoms with van der Waals surface area (Å²) >= 11 is 5.17. The molecule has 1 aromatic carbocycles. The summed E-state index contributed by atoms with van der Waals surface area (Å²) in [7, 11) is 0. The Labute approximate surface area is 171 Å². The number of rotatable bonds is 7. The molecule has 0 amide bonds. The van der Waals surface area contributed by atoms with Crippen molar-refractivity contribution in [2.24, 2.45) is 0 Å². The number of aryl methyl sites for hydroxylation is 1. The zero-order chi connectivity index (χ0) is 18.6. The highest BCUT2D eigenvalue weighted by molar-refractivity contribution is 7.98. The predicted octanol–water partition coefficient (Wildman–Crippen LogP) is 6.00. The second kappa shape index (κ2) is 8.37. The van der Waals surface area contributed by atoms with E-state index in [1.807, 2.05) is 18.2 Å². The summed E-state index contributed by atoms with van der Waals surface area (Å²) < 4.78 is 2.19. The highest BCUT2D eigenvalue weighted by atomic mass is 32.2. The highest BCUT2D eigenvalue weighted by Crippen LogP contribution is 2.30. The van der Waals surface area contributed by atoms with Crippen LogP contribution in [-0.4, -0.2) is 19.7 Å². The number of thiophene rings is 1. The SMILES string of the molecule is CCc1cc(-c2nnc(SCc3csc(-c4ccccc4)n3)n2CC)cs1. The summed E-state index contributed by atoms with van der Waals surface area (Å²) in [5.41, 5.74) is 3.42. The third kappa shape index (κ3) is 4.00. The van der Waals surface area contributed by atoms with Crippen molar-refractivity contribution in [2.45, 2.75) is 37.7 Å². The standard InChI is InChI=1S/C20H20N4S3/c1-3-17-10-15(11-25-17)18-22-23-20(24(18)4-2)27-13-16-12-26-19(21-16)14-8-6-5-7-9-14/h5-12H,3-4,13H2,1-2H3. The minimum atomic E-state index is 0.797. The summed E-state index contributed by atoms with van der Waals surface area (Å²) in [5, 5.41) is 15.2. The smallest absolute Gasteiger partial charge is 0.191 e. The molecule has 3 heterocycles. The molecule has 3 aromatic heterocycles. The molecule has 4 rings (SSSR count). The fourth-order valence-electron chi connectivity index (χ4n) is 2.80. The molecule has 0 radical (unpaired) electrons. The summed E-state index contributed by atoms with van der Waals surface area (Å²) in [6.45, 7) is 5.17. The number of aromatic nitrogens is 4. The van der Waals surface area contributed by atoms with Crippen LogP contribution in [0, 0.1) is 0 Å². The summed E-state index contributed by atoms with van der Waals surface area (Å²) in [6.07, 6.45) is 1.06. The Morgan fingerprint density at radius 2 is 1.85 bits per heavy atom. The van der Waals surface area contributed by atoms with Crippen molar-refractivity contribution in [1.82, 2.24) is 19.7 Å². The largest absolute Gasteiger partial charge is 0.302 e. The van der Waals surface area contributed by atoms with E-state index in [0.29, 0.717) is 0 Å². The van der Waals surface area contributed by atoms with Crippen LogP contribution in [0.3, 0.4) is 0 Å². The molecule has 0 N–H and O–H groups in total. The molecule has 0 saturated heterocycles. The van der Waals surface area contributed by atoms with Crippen molar-refractivity contribution < 1.29 is 0 Å². The maximum atomic E-state index is 4.77. The molecule has 0 saturated carbocycles. The third-order valence-corrected chi connectivity index (χ3v) is 7.24. The fraction of sp³-hybridized carbons (Fsp3) is 0.250. The summed E-state index contributed by atoms with van der Waals surface area (Å²) in [5.74, 6) is 1.75. The van der Waals surface area contributed by atoms with E-state index in [4.69, 9.17) is 4.98 Å². The molecule has 0 aliphatic carbocycles. The van der Waals surface area contributed by atoms with Gasteiger partial charge in [-0.3, -0.25) is 0 Å². The van der Waals surface area contributed by atoms with Gasteiger partial charge in [-0.05, 0) is 19.4 Å². The van der Waals surface area contributed by atoms with Crippen molar-refractivity contribution in [3.8, 4) is 22.0 Å². The Kier molecular flexibility index (Phi) is 5.71. The Bertz CT molecular complexity index is 1020. The number of thiazole rings is 1. The molecular formula is C20H20N4S3. The molecule has 27 heavy (non-hydrogen) atoms. The Balaban J connectivity index is 1.50. The van der Waals surface area contributed by atoms with E-state index in [1.165, 1.54) is 10.4 Å². The van der Waals surface area contributed by atoms with Gasteiger partial charge in [-0.15, -0.1) is 32.9 Å². The monoisotopic (exact) mass is 412 g/mol. The van der Waals surface area contributed by atoms with Gasteiger partial charge in [-0.1, -0.05) is 49.0 Å². The first-order chi connectivity index (χ1) is 13.3. The number of hydrogen-bond acceptors (Lipinski definition) is 6. The van der Waals surface area contributed by atoms with Crippen LogP contribution in [-0.2, 0) is 18.7 Å². The molecule has 0 unspecified atom stereocenters. The van der Waals surface area contributed by atoms with E-state index in [9.17, 15) is 0 Å². The van der Waals surface area contributed by atoms with Gasteiger partial charge in [0.05, 0.1) is 5.69 Å². The lowest BCUT2D eigenvalue weighted by atomic mass is 10.2. The molecule has 7 heteroatoms. The first kappa shape index (κ1) is 18.4. The number of hydrogen-bond donors (Lipinski definition) is 0. The summed E-state index contributed by atoms with van der Waals surface area (Å²) in [4.78, 5) is 6.15.